The van der Waals surface area contributed by atoms with Crippen LogP contribution in [0.1, 0.15) is 10.4 Å². The van der Waals surface area contributed by atoms with E-state index in [1.54, 1.807) is 24.3 Å². The molecule has 3 aromatic rings. The smallest absolute Gasteiger partial charge is 0.263 e. The summed E-state index contributed by atoms with van der Waals surface area (Å²) < 4.78 is 27.5. The van der Waals surface area contributed by atoms with Crippen molar-refractivity contribution < 1.29 is 13.2 Å². The van der Waals surface area contributed by atoms with E-state index in [0.29, 0.717) is 16.3 Å². The molecule has 0 aliphatic rings. The van der Waals surface area contributed by atoms with Crippen LogP contribution in [0.15, 0.2) is 71.6 Å². The third-order valence-electron chi connectivity index (χ3n) is 3.70. The highest BCUT2D eigenvalue weighted by Gasteiger charge is 2.19. The van der Waals surface area contributed by atoms with Crippen molar-refractivity contribution in [1.29, 1.82) is 0 Å². The highest BCUT2D eigenvalue weighted by atomic mass is 35.5. The monoisotopic (exact) mass is 454 g/mol. The number of amides is 1. The number of hydrogen-bond acceptors (Lipinski definition) is 3. The molecule has 0 radical (unpaired) electrons. The third-order valence-corrected chi connectivity index (χ3v) is 6.13. The summed E-state index contributed by atoms with van der Waals surface area (Å²) in [6.07, 6.45) is 0. The summed E-state index contributed by atoms with van der Waals surface area (Å²) in [7, 11) is -3.94. The van der Waals surface area contributed by atoms with Gasteiger partial charge in [-0.25, -0.2) is 8.42 Å². The Morgan fingerprint density at radius 3 is 2.18 bits per heavy atom. The van der Waals surface area contributed by atoms with Crippen LogP contribution in [0.4, 0.5) is 11.4 Å². The van der Waals surface area contributed by atoms with Crippen LogP contribution in [0.2, 0.25) is 15.1 Å². The second-order valence-electron chi connectivity index (χ2n) is 5.69. The Kier molecular flexibility index (Phi) is 6.15. The lowest BCUT2D eigenvalue weighted by atomic mass is 10.2. The molecular formula is C19H13Cl3N2O3S. The molecule has 0 heterocycles. The zero-order valence-corrected chi connectivity index (χ0v) is 17.2. The molecule has 0 saturated carbocycles. The van der Waals surface area contributed by atoms with Crippen molar-refractivity contribution in [3.63, 3.8) is 0 Å². The zero-order chi connectivity index (χ0) is 20.3. The van der Waals surface area contributed by atoms with Crippen molar-refractivity contribution in [2.24, 2.45) is 0 Å². The van der Waals surface area contributed by atoms with Gasteiger partial charge in [0.25, 0.3) is 15.9 Å². The summed E-state index contributed by atoms with van der Waals surface area (Å²) in [6, 6.07) is 16.9. The lowest BCUT2D eigenvalue weighted by molar-refractivity contribution is 0.102. The Morgan fingerprint density at radius 1 is 0.821 bits per heavy atom. The van der Waals surface area contributed by atoms with Gasteiger partial charge in [-0.15, -0.1) is 0 Å². The first-order valence-corrected chi connectivity index (χ1v) is 10.5. The summed E-state index contributed by atoms with van der Waals surface area (Å²) >= 11 is 17.8. The normalized spacial score (nSPS) is 11.1. The summed E-state index contributed by atoms with van der Waals surface area (Å²) in [6.45, 7) is 0. The van der Waals surface area contributed by atoms with Crippen LogP contribution in [-0.2, 0) is 10.0 Å². The second-order valence-corrected chi connectivity index (χ2v) is 8.59. The molecule has 3 rings (SSSR count). The Labute approximate surface area is 177 Å². The highest BCUT2D eigenvalue weighted by molar-refractivity contribution is 7.92. The summed E-state index contributed by atoms with van der Waals surface area (Å²) in [5.41, 5.74) is 1.09. The van der Waals surface area contributed by atoms with Gasteiger partial charge in [0.1, 0.15) is 4.90 Å². The van der Waals surface area contributed by atoms with Crippen LogP contribution in [0.25, 0.3) is 0 Å². The van der Waals surface area contributed by atoms with Crippen LogP contribution in [0.5, 0.6) is 0 Å². The van der Waals surface area contributed by atoms with Crippen molar-refractivity contribution in [2.45, 2.75) is 4.90 Å². The van der Waals surface area contributed by atoms with Gasteiger partial charge in [-0.05, 0) is 54.6 Å². The second kappa shape index (κ2) is 8.41. The molecule has 0 spiro atoms. The summed E-state index contributed by atoms with van der Waals surface area (Å²) in [5, 5.41) is 3.40. The van der Waals surface area contributed by atoms with Gasteiger partial charge in [-0.3, -0.25) is 9.52 Å². The maximum absolute atomic E-state index is 12.5. The standard InChI is InChI=1S/C19H13Cl3N2O3S/c20-13-7-10-16(22)18(11-13)28(26,27)24-14-8-5-12(6-9-14)19(25)23-17-4-2-1-3-15(17)21/h1-11,24H,(H,23,25). The van der Waals surface area contributed by atoms with Crippen molar-refractivity contribution in [3.05, 3.63) is 87.4 Å². The Hall–Kier alpha value is -2.25. The number of sulfonamides is 1. The van der Waals surface area contributed by atoms with E-state index in [2.05, 4.69) is 10.0 Å². The molecule has 0 aliphatic heterocycles. The van der Waals surface area contributed by atoms with Gasteiger partial charge >= 0.3 is 0 Å². The summed E-state index contributed by atoms with van der Waals surface area (Å²) in [5.74, 6) is -0.375. The molecule has 1 amide bonds. The number of para-hydroxylation sites is 1. The van der Waals surface area contributed by atoms with Gasteiger partial charge in [0.2, 0.25) is 0 Å². The van der Waals surface area contributed by atoms with Crippen LogP contribution in [0, 0.1) is 0 Å². The van der Waals surface area contributed by atoms with Gasteiger partial charge in [0.15, 0.2) is 0 Å². The highest BCUT2D eigenvalue weighted by Crippen LogP contribution is 2.27. The van der Waals surface area contributed by atoms with E-state index in [9.17, 15) is 13.2 Å². The number of rotatable bonds is 5. The molecule has 3 aromatic carbocycles. The van der Waals surface area contributed by atoms with Gasteiger partial charge in [-0.1, -0.05) is 46.9 Å². The Bertz CT molecular complexity index is 1130. The number of carbonyl (C=O) groups excluding carboxylic acids is 1. The molecule has 0 unspecified atom stereocenters. The first kappa shape index (κ1) is 20.5. The molecule has 0 saturated heterocycles. The van der Waals surface area contributed by atoms with E-state index >= 15 is 0 Å². The van der Waals surface area contributed by atoms with E-state index in [4.69, 9.17) is 34.8 Å². The van der Waals surface area contributed by atoms with Gasteiger partial charge < -0.3 is 5.32 Å². The quantitative estimate of drug-likeness (QED) is 0.518. The van der Waals surface area contributed by atoms with Crippen LogP contribution >= 0.6 is 34.8 Å². The first-order chi connectivity index (χ1) is 13.3. The van der Waals surface area contributed by atoms with E-state index < -0.39 is 10.0 Å². The minimum absolute atomic E-state index is 0.0487. The largest absolute Gasteiger partial charge is 0.321 e. The maximum Gasteiger partial charge on any atom is 0.263 e. The summed E-state index contributed by atoms with van der Waals surface area (Å²) in [4.78, 5) is 12.2. The Morgan fingerprint density at radius 2 is 1.50 bits per heavy atom. The molecule has 2 N–H and O–H groups in total. The zero-order valence-electron chi connectivity index (χ0n) is 14.1. The Balaban J connectivity index is 1.76. The average Bonchev–Trinajstić information content (AvgIpc) is 2.65. The van der Waals surface area contributed by atoms with Crippen molar-refractivity contribution >= 4 is 62.1 Å². The van der Waals surface area contributed by atoms with Crippen LogP contribution in [-0.4, -0.2) is 14.3 Å². The van der Waals surface area contributed by atoms with Gasteiger partial charge in [0.05, 0.1) is 15.7 Å². The SMILES string of the molecule is O=C(Nc1ccccc1Cl)c1ccc(NS(=O)(=O)c2cc(Cl)ccc2Cl)cc1. The molecule has 144 valence electrons. The van der Waals surface area contributed by atoms with E-state index in [-0.39, 0.29) is 26.5 Å². The first-order valence-electron chi connectivity index (χ1n) is 7.90. The number of anilines is 2. The van der Waals surface area contributed by atoms with E-state index in [1.807, 2.05) is 0 Å². The van der Waals surface area contributed by atoms with Crippen molar-refractivity contribution in [2.75, 3.05) is 10.0 Å². The topological polar surface area (TPSA) is 75.3 Å². The minimum Gasteiger partial charge on any atom is -0.321 e. The predicted octanol–water partition coefficient (Wildman–Crippen LogP) is 5.70. The number of benzene rings is 3. The molecule has 0 bridgehead atoms. The minimum atomic E-state index is -3.94. The lowest BCUT2D eigenvalue weighted by Crippen LogP contribution is -2.14. The maximum atomic E-state index is 12.5. The molecule has 0 aliphatic carbocycles. The lowest BCUT2D eigenvalue weighted by Gasteiger charge is -2.11. The number of carbonyl (C=O) groups is 1. The number of halogens is 3. The van der Waals surface area contributed by atoms with Crippen molar-refractivity contribution in [1.82, 2.24) is 0 Å². The molecule has 28 heavy (non-hydrogen) atoms. The number of hydrogen-bond donors (Lipinski definition) is 2. The van der Waals surface area contributed by atoms with Crippen molar-refractivity contribution in [3.8, 4) is 0 Å². The van der Waals surface area contributed by atoms with Crippen LogP contribution < -0.4 is 10.0 Å². The van der Waals surface area contributed by atoms with Gasteiger partial charge in [0, 0.05) is 16.3 Å². The van der Waals surface area contributed by atoms with Gasteiger partial charge in [-0.2, -0.15) is 0 Å². The molecule has 9 heteroatoms. The fourth-order valence-electron chi connectivity index (χ4n) is 2.34. The van der Waals surface area contributed by atoms with Crippen LogP contribution in [0.3, 0.4) is 0 Å². The van der Waals surface area contributed by atoms with E-state index in [0.717, 1.165) is 0 Å². The molecule has 0 fully saturated rings. The molecule has 5 nitrogen and oxygen atoms in total. The molecular weight excluding hydrogens is 443 g/mol. The third kappa shape index (κ3) is 4.77. The molecule has 0 aromatic heterocycles. The fourth-order valence-corrected chi connectivity index (χ4v) is 4.35. The van der Waals surface area contributed by atoms with E-state index in [1.165, 1.54) is 42.5 Å². The number of nitrogens with one attached hydrogen (secondary N) is 2. The fraction of sp³-hybridized carbons (Fsp3) is 0. The average molecular weight is 456 g/mol. The molecule has 0 atom stereocenters. The predicted molar refractivity (Wildman–Crippen MR) is 113 cm³/mol.